The summed E-state index contributed by atoms with van der Waals surface area (Å²) in [7, 11) is -1.81. The molecule has 0 saturated heterocycles. The Morgan fingerprint density at radius 3 is 2.53 bits per heavy atom. The van der Waals surface area contributed by atoms with Gasteiger partial charge in [0.05, 0.1) is 21.8 Å². The Kier molecular flexibility index (Phi) is 5.83. The lowest BCUT2D eigenvalue weighted by atomic mass is 10.2. The maximum Gasteiger partial charge on any atom is 0.182 e. The second-order valence-corrected chi connectivity index (χ2v) is 6.61. The summed E-state index contributed by atoms with van der Waals surface area (Å²) in [5.74, 6) is -0.136. The van der Waals surface area contributed by atoms with E-state index in [2.05, 4.69) is 5.73 Å². The zero-order chi connectivity index (χ0) is 14.5. The summed E-state index contributed by atoms with van der Waals surface area (Å²) in [5.41, 5.74) is 3.74. The molecule has 1 rings (SSSR count). The number of hydrogen-bond donors (Lipinski definition) is 0. The number of halogens is 1. The summed E-state index contributed by atoms with van der Waals surface area (Å²) in [6.07, 6.45) is 1.12. The van der Waals surface area contributed by atoms with Crippen LogP contribution in [0.4, 0.5) is 0 Å². The zero-order valence-corrected chi connectivity index (χ0v) is 12.8. The predicted octanol–water partition coefficient (Wildman–Crippen LogP) is 3.08. The van der Waals surface area contributed by atoms with Gasteiger partial charge >= 0.3 is 0 Å². The molecule has 1 unspecified atom stereocenters. The number of sulfone groups is 1. The van der Waals surface area contributed by atoms with Crippen LogP contribution in [0.2, 0.25) is 0 Å². The summed E-state index contributed by atoms with van der Waals surface area (Å²) in [6.45, 7) is 3.67. The van der Waals surface area contributed by atoms with Gasteiger partial charge in [0.2, 0.25) is 0 Å². The number of hydrogen-bond acceptors (Lipinski definition) is 3. The van der Waals surface area contributed by atoms with Gasteiger partial charge in [-0.2, -0.15) is 0 Å². The molecule has 5 heteroatoms. The van der Waals surface area contributed by atoms with Gasteiger partial charge in [0.15, 0.2) is 9.84 Å². The summed E-state index contributed by atoms with van der Waals surface area (Å²) >= 11 is 5.88. The van der Waals surface area contributed by atoms with Gasteiger partial charge in [-0.15, -0.1) is 5.73 Å². The topological polar surface area (TPSA) is 43.4 Å². The van der Waals surface area contributed by atoms with Crippen molar-refractivity contribution in [2.24, 2.45) is 0 Å². The van der Waals surface area contributed by atoms with Gasteiger partial charge in [-0.05, 0) is 32.1 Å². The number of aryl methyl sites for hydroxylation is 1. The number of ether oxygens (including phenoxy) is 1. The molecule has 0 aliphatic rings. The van der Waals surface area contributed by atoms with Crippen molar-refractivity contribution < 1.29 is 13.2 Å². The summed E-state index contributed by atoms with van der Waals surface area (Å²) in [4.78, 5) is 0.298. The Balaban J connectivity index is 2.87. The van der Waals surface area contributed by atoms with Crippen LogP contribution in [0.15, 0.2) is 46.0 Å². The van der Waals surface area contributed by atoms with E-state index in [0.717, 1.165) is 5.56 Å². The van der Waals surface area contributed by atoms with E-state index in [9.17, 15) is 8.42 Å². The highest BCUT2D eigenvalue weighted by molar-refractivity contribution is 7.91. The molecule has 0 fully saturated rings. The molecular formula is C14H17ClO3S. The van der Waals surface area contributed by atoms with Crippen molar-refractivity contribution in [3.63, 3.8) is 0 Å². The van der Waals surface area contributed by atoms with Crippen LogP contribution in [0.3, 0.4) is 0 Å². The van der Waals surface area contributed by atoms with Crippen LogP contribution in [0, 0.1) is 6.92 Å². The normalized spacial score (nSPS) is 12.6. The third-order valence-electron chi connectivity index (χ3n) is 2.63. The average Bonchev–Trinajstić information content (AvgIpc) is 2.37. The minimum Gasteiger partial charge on any atom is -0.375 e. The van der Waals surface area contributed by atoms with Crippen LogP contribution in [-0.4, -0.2) is 27.4 Å². The second kappa shape index (κ2) is 6.92. The average molecular weight is 301 g/mol. The van der Waals surface area contributed by atoms with E-state index >= 15 is 0 Å². The third kappa shape index (κ3) is 4.84. The van der Waals surface area contributed by atoms with Gasteiger partial charge in [0.1, 0.15) is 0 Å². The molecule has 3 nitrogen and oxygen atoms in total. The molecule has 104 valence electrons. The lowest BCUT2D eigenvalue weighted by Gasteiger charge is -2.04. The van der Waals surface area contributed by atoms with Crippen LogP contribution in [-0.2, 0) is 14.6 Å². The Morgan fingerprint density at radius 2 is 2.00 bits per heavy atom. The molecule has 0 radical (unpaired) electrons. The van der Waals surface area contributed by atoms with Crippen molar-refractivity contribution >= 4 is 21.4 Å². The van der Waals surface area contributed by atoms with Crippen molar-refractivity contribution in [3.8, 4) is 0 Å². The van der Waals surface area contributed by atoms with Crippen molar-refractivity contribution in [1.82, 2.24) is 0 Å². The van der Waals surface area contributed by atoms with Crippen molar-refractivity contribution in [3.05, 3.63) is 46.7 Å². The molecule has 19 heavy (non-hydrogen) atoms. The molecule has 1 aromatic carbocycles. The molecule has 0 aliphatic heterocycles. The monoisotopic (exact) mass is 300 g/mol. The van der Waals surface area contributed by atoms with Gasteiger partial charge < -0.3 is 4.74 Å². The SMILES string of the molecule is COC(C)C(Cl)=C=CCS(=O)(=O)c1ccc(C)cc1. The Bertz CT molecular complexity index is 582. The van der Waals surface area contributed by atoms with E-state index in [1.54, 1.807) is 31.2 Å². The van der Waals surface area contributed by atoms with Crippen LogP contribution in [0.5, 0.6) is 0 Å². The number of rotatable bonds is 5. The largest absolute Gasteiger partial charge is 0.375 e. The maximum absolute atomic E-state index is 12.0. The molecule has 0 heterocycles. The molecule has 1 aromatic rings. The van der Waals surface area contributed by atoms with Crippen LogP contribution < -0.4 is 0 Å². The highest BCUT2D eigenvalue weighted by atomic mass is 35.5. The van der Waals surface area contributed by atoms with Crippen LogP contribution >= 0.6 is 11.6 Å². The highest BCUT2D eigenvalue weighted by Crippen LogP contribution is 2.13. The fourth-order valence-electron chi connectivity index (χ4n) is 1.31. The molecule has 0 saturated carbocycles. The van der Waals surface area contributed by atoms with Crippen molar-refractivity contribution in [1.29, 1.82) is 0 Å². The van der Waals surface area contributed by atoms with Gasteiger partial charge in [-0.3, -0.25) is 0 Å². The molecule has 0 N–H and O–H groups in total. The molecule has 0 spiro atoms. The zero-order valence-electron chi connectivity index (χ0n) is 11.2. The quantitative estimate of drug-likeness (QED) is 0.785. The minimum absolute atomic E-state index is 0.136. The van der Waals surface area contributed by atoms with Crippen molar-refractivity contribution in [2.45, 2.75) is 24.8 Å². The van der Waals surface area contributed by atoms with E-state index in [1.807, 2.05) is 6.92 Å². The molecular weight excluding hydrogens is 284 g/mol. The molecule has 0 bridgehead atoms. The van der Waals surface area contributed by atoms with E-state index in [-0.39, 0.29) is 11.9 Å². The Labute approximate surface area is 119 Å². The smallest absolute Gasteiger partial charge is 0.182 e. The summed E-state index contributed by atoms with van der Waals surface area (Å²) < 4.78 is 29.0. The predicted molar refractivity (Wildman–Crippen MR) is 77.2 cm³/mol. The van der Waals surface area contributed by atoms with E-state index in [1.165, 1.54) is 13.2 Å². The first kappa shape index (κ1) is 16.0. The van der Waals surface area contributed by atoms with Crippen molar-refractivity contribution in [2.75, 3.05) is 12.9 Å². The molecule has 0 aromatic heterocycles. The Morgan fingerprint density at radius 1 is 1.42 bits per heavy atom. The molecule has 0 amide bonds. The lowest BCUT2D eigenvalue weighted by molar-refractivity contribution is 0.153. The first-order valence-corrected chi connectivity index (χ1v) is 7.82. The maximum atomic E-state index is 12.0. The van der Waals surface area contributed by atoms with Gasteiger partial charge in [-0.25, -0.2) is 8.42 Å². The number of benzene rings is 1. The molecule has 1 atom stereocenters. The number of methoxy groups -OCH3 is 1. The highest BCUT2D eigenvalue weighted by Gasteiger charge is 2.11. The first-order chi connectivity index (χ1) is 8.86. The second-order valence-electron chi connectivity index (χ2n) is 4.17. The fourth-order valence-corrected chi connectivity index (χ4v) is 2.52. The van der Waals surface area contributed by atoms with E-state index < -0.39 is 9.84 Å². The lowest BCUT2D eigenvalue weighted by Crippen LogP contribution is -2.05. The summed E-state index contributed by atoms with van der Waals surface area (Å²) in [5, 5.41) is 0.349. The van der Waals surface area contributed by atoms with E-state index in [0.29, 0.717) is 9.93 Å². The standard InChI is InChI=1S/C14H17ClO3S/c1-11-6-8-13(9-7-11)19(16,17)10-4-5-14(15)12(2)18-3/h4,6-9,12H,10H2,1-3H3. The fraction of sp³-hybridized carbons (Fsp3) is 0.357. The Hall–Kier alpha value is -1.06. The minimum atomic E-state index is -3.34. The van der Waals surface area contributed by atoms with Crippen LogP contribution in [0.25, 0.3) is 0 Å². The third-order valence-corrected chi connectivity index (χ3v) is 4.65. The van der Waals surface area contributed by atoms with Gasteiger partial charge in [0.25, 0.3) is 0 Å². The van der Waals surface area contributed by atoms with Gasteiger partial charge in [0, 0.05) is 7.11 Å². The summed E-state index contributed by atoms with van der Waals surface area (Å²) in [6, 6.07) is 6.74. The van der Waals surface area contributed by atoms with E-state index in [4.69, 9.17) is 16.3 Å². The van der Waals surface area contributed by atoms with Gasteiger partial charge in [-0.1, -0.05) is 29.3 Å². The molecule has 0 aliphatic carbocycles. The van der Waals surface area contributed by atoms with Crippen LogP contribution in [0.1, 0.15) is 12.5 Å². The first-order valence-electron chi connectivity index (χ1n) is 5.79.